The highest BCUT2D eigenvalue weighted by molar-refractivity contribution is 5.71. The Balaban J connectivity index is 3.64. The van der Waals surface area contributed by atoms with Gasteiger partial charge in [0.2, 0.25) is 0 Å². The van der Waals surface area contributed by atoms with Crippen molar-refractivity contribution in [1.82, 2.24) is 0 Å². The Bertz CT molecular complexity index is 197. The van der Waals surface area contributed by atoms with Crippen LogP contribution in [0.2, 0.25) is 0 Å². The molecule has 0 bridgehead atoms. The fourth-order valence-electron chi connectivity index (χ4n) is 0.758. The van der Waals surface area contributed by atoms with Gasteiger partial charge in [0.05, 0.1) is 12.7 Å². The average molecular weight is 182 g/mol. The summed E-state index contributed by atoms with van der Waals surface area (Å²) in [4.78, 5) is 10.8. The lowest BCUT2D eigenvalue weighted by molar-refractivity contribution is -0.136. The summed E-state index contributed by atoms with van der Waals surface area (Å²) in [6.07, 6.45) is 6.28. The van der Waals surface area contributed by atoms with Gasteiger partial charge in [-0.1, -0.05) is 39.5 Å². The fourth-order valence-corrected chi connectivity index (χ4v) is 0.758. The number of carbonyl (C=O) groups is 1. The molecule has 74 valence electrons. The Labute approximate surface area is 80.3 Å². The van der Waals surface area contributed by atoms with Crippen LogP contribution in [0.4, 0.5) is 0 Å². The summed E-state index contributed by atoms with van der Waals surface area (Å²) in [7, 11) is 0. The van der Waals surface area contributed by atoms with E-state index in [0.29, 0.717) is 6.42 Å². The van der Waals surface area contributed by atoms with Crippen molar-refractivity contribution in [1.29, 1.82) is 0 Å². The second-order valence-corrected chi connectivity index (χ2v) is 4.10. The maximum absolute atomic E-state index is 10.8. The summed E-state index contributed by atoms with van der Waals surface area (Å²) in [5, 5.41) is 0. The molecule has 0 rings (SSSR count). The molecule has 0 aromatic heterocycles. The van der Waals surface area contributed by atoms with Gasteiger partial charge < -0.3 is 4.74 Å². The maximum atomic E-state index is 10.8. The van der Waals surface area contributed by atoms with E-state index >= 15 is 0 Å². The minimum atomic E-state index is -0.264. The van der Waals surface area contributed by atoms with Crippen LogP contribution < -0.4 is 0 Å². The quantitative estimate of drug-likeness (QED) is 0.379. The molecule has 0 spiro atoms. The zero-order chi connectivity index (χ0) is 10.3. The van der Waals surface area contributed by atoms with Gasteiger partial charge in [-0.25, -0.2) is 0 Å². The first-order chi connectivity index (χ1) is 5.95. The summed E-state index contributed by atoms with van der Waals surface area (Å²) in [5.41, 5.74) is 0.277. The van der Waals surface area contributed by atoms with Crippen molar-refractivity contribution in [3.05, 3.63) is 25.0 Å². The van der Waals surface area contributed by atoms with Crippen LogP contribution in [-0.4, -0.2) is 5.97 Å². The Kier molecular flexibility index (Phi) is 5.12. The number of hydrogen-bond acceptors (Lipinski definition) is 2. The van der Waals surface area contributed by atoms with Crippen LogP contribution in [0.5, 0.6) is 0 Å². The molecule has 0 aromatic rings. The van der Waals surface area contributed by atoms with Gasteiger partial charge in [-0.05, 0) is 11.8 Å². The van der Waals surface area contributed by atoms with Crippen LogP contribution in [0.3, 0.4) is 0 Å². The molecule has 0 saturated carbocycles. The smallest absolute Gasteiger partial charge is 0.314 e. The number of rotatable bonds is 4. The molecule has 0 atom stereocenters. The third-order valence-corrected chi connectivity index (χ3v) is 1.40. The van der Waals surface area contributed by atoms with Crippen LogP contribution in [0.1, 0.15) is 33.6 Å². The van der Waals surface area contributed by atoms with Crippen molar-refractivity contribution in [2.45, 2.75) is 33.6 Å². The van der Waals surface area contributed by atoms with Crippen molar-refractivity contribution in [2.24, 2.45) is 5.41 Å². The van der Waals surface area contributed by atoms with Gasteiger partial charge in [0.15, 0.2) is 0 Å². The highest BCUT2D eigenvalue weighted by atomic mass is 16.5. The molecule has 2 heteroatoms. The minimum Gasteiger partial charge on any atom is -0.435 e. The lowest BCUT2D eigenvalue weighted by Crippen LogP contribution is -2.02. The molecule has 13 heavy (non-hydrogen) atoms. The molecule has 0 unspecified atom stereocenters. The first-order valence-corrected chi connectivity index (χ1v) is 4.41. The molecular weight excluding hydrogens is 164 g/mol. The Morgan fingerprint density at radius 3 is 2.46 bits per heavy atom. The number of ether oxygens (including phenoxy) is 1. The highest BCUT2D eigenvalue weighted by Gasteiger charge is 2.06. The van der Waals surface area contributed by atoms with E-state index in [0.717, 1.165) is 12.7 Å². The van der Waals surface area contributed by atoms with Gasteiger partial charge in [0, 0.05) is 0 Å². The molecule has 0 N–H and O–H groups in total. The second kappa shape index (κ2) is 5.57. The Morgan fingerprint density at radius 1 is 1.38 bits per heavy atom. The lowest BCUT2D eigenvalue weighted by atomic mass is 9.92. The molecular formula is C11H18O2. The zero-order valence-corrected chi connectivity index (χ0v) is 8.67. The number of hydrogen-bond donors (Lipinski definition) is 0. The summed E-state index contributed by atoms with van der Waals surface area (Å²) >= 11 is 0. The SMILES string of the molecule is C=COC(=O)CC=CCC(C)(C)C. The van der Waals surface area contributed by atoms with Gasteiger partial charge in [-0.3, -0.25) is 4.79 Å². The zero-order valence-electron chi connectivity index (χ0n) is 8.67. The number of allylic oxidation sites excluding steroid dienone is 1. The van der Waals surface area contributed by atoms with E-state index in [-0.39, 0.29) is 11.4 Å². The van der Waals surface area contributed by atoms with Gasteiger partial charge in [-0.15, -0.1) is 0 Å². The summed E-state index contributed by atoms with van der Waals surface area (Å²) in [5.74, 6) is -0.264. The van der Waals surface area contributed by atoms with Crippen LogP contribution in [0.25, 0.3) is 0 Å². The standard InChI is InChI=1S/C11H18O2/c1-5-13-10(12)8-6-7-9-11(2,3)4/h5-7H,1,8-9H2,2-4H3. The maximum Gasteiger partial charge on any atom is 0.314 e. The van der Waals surface area contributed by atoms with E-state index in [1.54, 1.807) is 0 Å². The summed E-state index contributed by atoms with van der Waals surface area (Å²) in [6, 6.07) is 0. The molecule has 0 aromatic carbocycles. The van der Waals surface area contributed by atoms with Crippen LogP contribution in [0, 0.1) is 5.41 Å². The second-order valence-electron chi connectivity index (χ2n) is 4.10. The van der Waals surface area contributed by atoms with Gasteiger partial charge in [0.1, 0.15) is 0 Å². The highest BCUT2D eigenvalue weighted by Crippen LogP contribution is 2.18. The monoisotopic (exact) mass is 182 g/mol. The predicted molar refractivity (Wildman–Crippen MR) is 54.1 cm³/mol. The number of esters is 1. The first-order valence-electron chi connectivity index (χ1n) is 4.41. The van der Waals surface area contributed by atoms with Crippen LogP contribution in [-0.2, 0) is 9.53 Å². The molecule has 0 aliphatic rings. The number of carbonyl (C=O) groups excluding carboxylic acids is 1. The van der Waals surface area contributed by atoms with Gasteiger partial charge in [0.25, 0.3) is 0 Å². The Hall–Kier alpha value is -1.05. The molecule has 0 aliphatic heterocycles. The van der Waals surface area contributed by atoms with Crippen LogP contribution in [0.15, 0.2) is 25.0 Å². The summed E-state index contributed by atoms with van der Waals surface area (Å²) in [6.45, 7) is 9.76. The molecule has 0 radical (unpaired) electrons. The third kappa shape index (κ3) is 8.86. The third-order valence-electron chi connectivity index (χ3n) is 1.40. The van der Waals surface area contributed by atoms with E-state index in [1.807, 2.05) is 12.2 Å². The molecule has 0 aliphatic carbocycles. The van der Waals surface area contributed by atoms with Crippen molar-refractivity contribution in [3.8, 4) is 0 Å². The van der Waals surface area contributed by atoms with Crippen molar-refractivity contribution >= 4 is 5.97 Å². The molecule has 0 fully saturated rings. The first kappa shape index (κ1) is 11.9. The van der Waals surface area contributed by atoms with Crippen molar-refractivity contribution in [3.63, 3.8) is 0 Å². The Morgan fingerprint density at radius 2 is 2.00 bits per heavy atom. The minimum absolute atomic E-state index is 0.264. The van der Waals surface area contributed by atoms with E-state index < -0.39 is 0 Å². The van der Waals surface area contributed by atoms with Gasteiger partial charge >= 0.3 is 5.97 Å². The van der Waals surface area contributed by atoms with Gasteiger partial charge in [-0.2, -0.15) is 0 Å². The topological polar surface area (TPSA) is 26.3 Å². The molecule has 0 amide bonds. The van der Waals surface area contributed by atoms with Crippen molar-refractivity contribution in [2.75, 3.05) is 0 Å². The molecule has 2 nitrogen and oxygen atoms in total. The normalized spacial score (nSPS) is 11.6. The molecule has 0 saturated heterocycles. The van der Waals surface area contributed by atoms with E-state index in [4.69, 9.17) is 0 Å². The van der Waals surface area contributed by atoms with E-state index in [9.17, 15) is 4.79 Å². The van der Waals surface area contributed by atoms with E-state index in [1.165, 1.54) is 0 Å². The summed E-state index contributed by atoms with van der Waals surface area (Å²) < 4.78 is 4.55. The molecule has 0 heterocycles. The fraction of sp³-hybridized carbons (Fsp3) is 0.545. The van der Waals surface area contributed by atoms with Crippen LogP contribution >= 0.6 is 0 Å². The lowest BCUT2D eigenvalue weighted by Gasteiger charge is -2.14. The predicted octanol–water partition coefficient (Wildman–Crippen LogP) is 3.06. The average Bonchev–Trinajstić information content (AvgIpc) is 1.97. The largest absolute Gasteiger partial charge is 0.435 e. The van der Waals surface area contributed by atoms with Crippen molar-refractivity contribution < 1.29 is 9.53 Å². The van der Waals surface area contributed by atoms with E-state index in [2.05, 4.69) is 32.1 Å².